The standard InChI is InChI=1S/C14H17NO3/c1-3-12(14(17)18)15-13(16)9-8-11-6-4-10(2)5-7-11/h4-9,12H,3H2,1-2H3,(H,15,16)(H,17,18)/b9-8+/t12-/m0/s1. The third kappa shape index (κ3) is 4.41. The zero-order chi connectivity index (χ0) is 13.5. The summed E-state index contributed by atoms with van der Waals surface area (Å²) in [6, 6.07) is 6.86. The maximum Gasteiger partial charge on any atom is 0.326 e. The van der Waals surface area contributed by atoms with Gasteiger partial charge in [-0.05, 0) is 25.0 Å². The van der Waals surface area contributed by atoms with Crippen LogP contribution < -0.4 is 5.32 Å². The predicted octanol–water partition coefficient (Wildman–Crippen LogP) is 1.99. The number of hydrogen-bond acceptors (Lipinski definition) is 2. The van der Waals surface area contributed by atoms with Crippen LogP contribution in [-0.4, -0.2) is 23.0 Å². The summed E-state index contributed by atoms with van der Waals surface area (Å²) in [6.07, 6.45) is 3.36. The van der Waals surface area contributed by atoms with Crippen molar-refractivity contribution < 1.29 is 14.7 Å². The van der Waals surface area contributed by atoms with Crippen molar-refractivity contribution in [3.8, 4) is 0 Å². The number of benzene rings is 1. The fourth-order valence-electron chi connectivity index (χ4n) is 1.41. The van der Waals surface area contributed by atoms with E-state index in [1.165, 1.54) is 6.08 Å². The molecule has 0 radical (unpaired) electrons. The molecule has 18 heavy (non-hydrogen) atoms. The summed E-state index contributed by atoms with van der Waals surface area (Å²) in [5, 5.41) is 11.2. The normalized spacial score (nSPS) is 12.3. The van der Waals surface area contributed by atoms with Crippen molar-refractivity contribution in [1.29, 1.82) is 0 Å². The highest BCUT2D eigenvalue weighted by atomic mass is 16.4. The summed E-state index contributed by atoms with van der Waals surface area (Å²) in [5.74, 6) is -1.42. The van der Waals surface area contributed by atoms with Crippen molar-refractivity contribution in [2.75, 3.05) is 0 Å². The molecule has 1 aromatic rings. The van der Waals surface area contributed by atoms with Crippen LogP contribution in [0, 0.1) is 6.92 Å². The van der Waals surface area contributed by atoms with Gasteiger partial charge in [0.05, 0.1) is 0 Å². The first-order valence-corrected chi connectivity index (χ1v) is 5.81. The van der Waals surface area contributed by atoms with Gasteiger partial charge in [0.15, 0.2) is 0 Å². The molecule has 1 atom stereocenters. The average Bonchev–Trinajstić information content (AvgIpc) is 2.35. The molecular formula is C14H17NO3. The molecule has 0 aliphatic carbocycles. The maximum absolute atomic E-state index is 11.5. The van der Waals surface area contributed by atoms with Crippen LogP contribution in [0.15, 0.2) is 30.3 Å². The van der Waals surface area contributed by atoms with Gasteiger partial charge in [-0.25, -0.2) is 4.79 Å². The van der Waals surface area contributed by atoms with Crippen molar-refractivity contribution >= 4 is 18.0 Å². The molecule has 1 aromatic carbocycles. The van der Waals surface area contributed by atoms with E-state index in [9.17, 15) is 9.59 Å². The third-order valence-corrected chi connectivity index (χ3v) is 2.53. The Kier molecular flexibility index (Phi) is 5.11. The third-order valence-electron chi connectivity index (χ3n) is 2.53. The first-order valence-electron chi connectivity index (χ1n) is 5.81. The summed E-state index contributed by atoms with van der Waals surface area (Å²) in [6.45, 7) is 3.70. The van der Waals surface area contributed by atoms with Gasteiger partial charge in [0, 0.05) is 6.08 Å². The van der Waals surface area contributed by atoms with E-state index in [0.717, 1.165) is 11.1 Å². The van der Waals surface area contributed by atoms with Gasteiger partial charge in [-0.3, -0.25) is 4.79 Å². The Balaban J connectivity index is 2.59. The van der Waals surface area contributed by atoms with E-state index in [4.69, 9.17) is 5.11 Å². The molecule has 0 heterocycles. The number of hydrogen-bond donors (Lipinski definition) is 2. The molecule has 0 aliphatic rings. The molecule has 96 valence electrons. The van der Waals surface area contributed by atoms with Crippen LogP contribution in [0.3, 0.4) is 0 Å². The SMILES string of the molecule is CC[C@H](NC(=O)/C=C/c1ccc(C)cc1)C(=O)O. The number of aryl methyl sites for hydroxylation is 1. The van der Waals surface area contributed by atoms with Gasteiger partial charge in [0.25, 0.3) is 0 Å². The number of carboxylic acid groups (broad SMARTS) is 1. The number of carbonyl (C=O) groups excluding carboxylic acids is 1. The van der Waals surface area contributed by atoms with Crippen LogP contribution in [0.25, 0.3) is 6.08 Å². The number of carboxylic acids is 1. The molecule has 4 heteroatoms. The van der Waals surface area contributed by atoms with Gasteiger partial charge in [-0.1, -0.05) is 36.8 Å². The molecule has 1 amide bonds. The highest BCUT2D eigenvalue weighted by molar-refractivity contribution is 5.94. The van der Waals surface area contributed by atoms with Crippen molar-refractivity contribution in [2.45, 2.75) is 26.3 Å². The van der Waals surface area contributed by atoms with Crippen LogP contribution in [0.1, 0.15) is 24.5 Å². The van der Waals surface area contributed by atoms with E-state index in [1.54, 1.807) is 13.0 Å². The van der Waals surface area contributed by atoms with E-state index in [2.05, 4.69) is 5.32 Å². The Bertz CT molecular complexity index is 449. The summed E-state index contributed by atoms with van der Waals surface area (Å²) in [4.78, 5) is 22.2. The number of nitrogens with one attached hydrogen (secondary N) is 1. The first-order chi connectivity index (χ1) is 8.52. The fourth-order valence-corrected chi connectivity index (χ4v) is 1.41. The predicted molar refractivity (Wildman–Crippen MR) is 70.1 cm³/mol. The lowest BCUT2D eigenvalue weighted by atomic mass is 10.1. The van der Waals surface area contributed by atoms with Crippen molar-refractivity contribution in [3.63, 3.8) is 0 Å². The highest BCUT2D eigenvalue weighted by Gasteiger charge is 2.15. The second kappa shape index (κ2) is 6.59. The Morgan fingerprint density at radius 3 is 2.44 bits per heavy atom. The quantitative estimate of drug-likeness (QED) is 0.782. The number of rotatable bonds is 5. The maximum atomic E-state index is 11.5. The molecule has 0 bridgehead atoms. The van der Waals surface area contributed by atoms with Gasteiger partial charge in [-0.15, -0.1) is 0 Å². The van der Waals surface area contributed by atoms with Gasteiger partial charge in [0.1, 0.15) is 6.04 Å². The van der Waals surface area contributed by atoms with Crippen molar-refractivity contribution in [2.24, 2.45) is 0 Å². The Morgan fingerprint density at radius 2 is 1.94 bits per heavy atom. The Hall–Kier alpha value is -2.10. The largest absolute Gasteiger partial charge is 0.480 e. The summed E-state index contributed by atoms with van der Waals surface area (Å²) < 4.78 is 0. The fraction of sp³-hybridized carbons (Fsp3) is 0.286. The molecule has 0 unspecified atom stereocenters. The van der Waals surface area contributed by atoms with Gasteiger partial charge >= 0.3 is 5.97 Å². The smallest absolute Gasteiger partial charge is 0.326 e. The van der Waals surface area contributed by atoms with Crippen molar-refractivity contribution in [3.05, 3.63) is 41.5 Å². The van der Waals surface area contributed by atoms with E-state index in [1.807, 2.05) is 31.2 Å². The minimum atomic E-state index is -1.02. The summed E-state index contributed by atoms with van der Waals surface area (Å²) in [7, 11) is 0. The second-order valence-corrected chi connectivity index (χ2v) is 4.05. The minimum Gasteiger partial charge on any atom is -0.480 e. The van der Waals surface area contributed by atoms with Crippen LogP contribution in [-0.2, 0) is 9.59 Å². The molecule has 0 spiro atoms. The Labute approximate surface area is 106 Å². The van der Waals surface area contributed by atoms with Crippen LogP contribution in [0.2, 0.25) is 0 Å². The number of carbonyl (C=O) groups is 2. The van der Waals surface area contributed by atoms with E-state index in [0.29, 0.717) is 6.42 Å². The zero-order valence-electron chi connectivity index (χ0n) is 10.5. The number of amides is 1. The highest BCUT2D eigenvalue weighted by Crippen LogP contribution is 2.04. The van der Waals surface area contributed by atoms with Gasteiger partial charge in [0.2, 0.25) is 5.91 Å². The lowest BCUT2D eigenvalue weighted by Gasteiger charge is -2.09. The molecule has 0 saturated carbocycles. The van der Waals surface area contributed by atoms with E-state index in [-0.39, 0.29) is 0 Å². The molecule has 0 saturated heterocycles. The van der Waals surface area contributed by atoms with Gasteiger partial charge in [-0.2, -0.15) is 0 Å². The minimum absolute atomic E-state index is 0.361. The van der Waals surface area contributed by atoms with E-state index >= 15 is 0 Å². The Morgan fingerprint density at radius 1 is 1.33 bits per heavy atom. The van der Waals surface area contributed by atoms with Crippen LogP contribution >= 0.6 is 0 Å². The lowest BCUT2D eigenvalue weighted by molar-refractivity contribution is -0.141. The molecular weight excluding hydrogens is 230 g/mol. The number of aliphatic carboxylic acids is 1. The first kappa shape index (κ1) is 14.0. The molecule has 0 fully saturated rings. The lowest BCUT2D eigenvalue weighted by Crippen LogP contribution is -2.39. The molecule has 0 aromatic heterocycles. The average molecular weight is 247 g/mol. The van der Waals surface area contributed by atoms with Crippen molar-refractivity contribution in [1.82, 2.24) is 5.32 Å². The van der Waals surface area contributed by atoms with E-state index < -0.39 is 17.9 Å². The topological polar surface area (TPSA) is 66.4 Å². The molecule has 0 aliphatic heterocycles. The van der Waals surface area contributed by atoms with Crippen LogP contribution in [0.5, 0.6) is 0 Å². The zero-order valence-corrected chi connectivity index (χ0v) is 10.5. The molecule has 4 nitrogen and oxygen atoms in total. The van der Waals surface area contributed by atoms with Crippen LogP contribution in [0.4, 0.5) is 0 Å². The monoisotopic (exact) mass is 247 g/mol. The summed E-state index contributed by atoms with van der Waals surface area (Å²) >= 11 is 0. The second-order valence-electron chi connectivity index (χ2n) is 4.05. The molecule has 1 rings (SSSR count). The summed E-state index contributed by atoms with van der Waals surface area (Å²) in [5.41, 5.74) is 2.05. The van der Waals surface area contributed by atoms with Gasteiger partial charge < -0.3 is 10.4 Å². The molecule has 2 N–H and O–H groups in total.